The molecule has 1 aromatic heterocycles. The van der Waals surface area contributed by atoms with Gasteiger partial charge in [0.1, 0.15) is 11.4 Å². The highest BCUT2D eigenvalue weighted by Crippen LogP contribution is 2.21. The van der Waals surface area contributed by atoms with Gasteiger partial charge in [-0.25, -0.2) is 4.68 Å². The lowest BCUT2D eigenvalue weighted by Crippen LogP contribution is -2.24. The summed E-state index contributed by atoms with van der Waals surface area (Å²) in [6.07, 6.45) is 2.61. The van der Waals surface area contributed by atoms with Gasteiger partial charge in [-0.05, 0) is 43.2 Å². The Kier molecular flexibility index (Phi) is 5.22. The highest BCUT2D eigenvalue weighted by molar-refractivity contribution is 6.31. The summed E-state index contributed by atoms with van der Waals surface area (Å²) in [4.78, 5) is 11.7. The molecule has 0 bridgehead atoms. The molecule has 0 aliphatic heterocycles. The number of halogens is 1. The third-order valence-electron chi connectivity index (χ3n) is 2.90. The molecule has 0 aliphatic rings. The summed E-state index contributed by atoms with van der Waals surface area (Å²) in [5.41, 5.74) is 1.34. The molecule has 2 aromatic rings. The summed E-state index contributed by atoms with van der Waals surface area (Å²) >= 11 is 5.96. The van der Waals surface area contributed by atoms with Gasteiger partial charge in [0.2, 0.25) is 0 Å². The zero-order chi connectivity index (χ0) is 15.2. The van der Waals surface area contributed by atoms with Gasteiger partial charge in [-0.2, -0.15) is 5.10 Å². The molecule has 0 saturated carbocycles. The van der Waals surface area contributed by atoms with Crippen molar-refractivity contribution in [3.8, 4) is 5.75 Å². The van der Waals surface area contributed by atoms with Crippen LogP contribution in [0.15, 0.2) is 30.5 Å². The predicted molar refractivity (Wildman–Crippen MR) is 81.7 cm³/mol. The molecule has 5 nitrogen and oxygen atoms in total. The summed E-state index contributed by atoms with van der Waals surface area (Å²) in [7, 11) is 0. The first-order chi connectivity index (χ1) is 10.1. The summed E-state index contributed by atoms with van der Waals surface area (Å²) in [5, 5.41) is 7.66. The number of amides is 1. The van der Waals surface area contributed by atoms with Crippen LogP contribution in [0.3, 0.4) is 0 Å². The normalized spacial score (nSPS) is 10.4. The van der Waals surface area contributed by atoms with E-state index in [-0.39, 0.29) is 12.6 Å². The van der Waals surface area contributed by atoms with Crippen LogP contribution in [0.25, 0.3) is 0 Å². The van der Waals surface area contributed by atoms with Crippen molar-refractivity contribution in [2.45, 2.75) is 27.0 Å². The molecule has 2 rings (SSSR count). The monoisotopic (exact) mass is 307 g/mol. The Morgan fingerprint density at radius 2 is 2.24 bits per heavy atom. The van der Waals surface area contributed by atoms with E-state index in [9.17, 15) is 4.79 Å². The van der Waals surface area contributed by atoms with E-state index in [2.05, 4.69) is 10.4 Å². The van der Waals surface area contributed by atoms with Gasteiger partial charge >= 0.3 is 0 Å². The minimum atomic E-state index is -0.169. The average Bonchev–Trinajstić information content (AvgIpc) is 2.95. The quantitative estimate of drug-likeness (QED) is 0.892. The first-order valence-electron chi connectivity index (χ1n) is 6.80. The van der Waals surface area contributed by atoms with Gasteiger partial charge < -0.3 is 10.1 Å². The number of rotatable bonds is 6. The standard InChI is InChI=1S/C15H18ClN3O2/c1-3-7-17-15(20)14-6-8-19(18-14)10-21-12-4-5-13(16)11(2)9-12/h4-6,8-9H,3,7,10H2,1-2H3,(H,17,20). The van der Waals surface area contributed by atoms with Crippen LogP contribution >= 0.6 is 11.6 Å². The molecule has 0 spiro atoms. The molecule has 6 heteroatoms. The Morgan fingerprint density at radius 1 is 1.43 bits per heavy atom. The second-order valence-electron chi connectivity index (χ2n) is 4.68. The third kappa shape index (κ3) is 4.23. The predicted octanol–water partition coefficient (Wildman–Crippen LogP) is 3.02. The lowest BCUT2D eigenvalue weighted by atomic mass is 10.2. The first-order valence-corrected chi connectivity index (χ1v) is 7.18. The van der Waals surface area contributed by atoms with Crippen molar-refractivity contribution in [1.29, 1.82) is 0 Å². The van der Waals surface area contributed by atoms with E-state index in [0.29, 0.717) is 23.0 Å². The molecule has 21 heavy (non-hydrogen) atoms. The van der Waals surface area contributed by atoms with E-state index in [1.165, 1.54) is 0 Å². The second kappa shape index (κ2) is 7.13. The number of hydrogen-bond donors (Lipinski definition) is 1. The molecule has 1 amide bonds. The lowest BCUT2D eigenvalue weighted by Gasteiger charge is -2.07. The first kappa shape index (κ1) is 15.4. The number of aryl methyl sites for hydroxylation is 1. The molecule has 0 unspecified atom stereocenters. The molecule has 0 saturated heterocycles. The Bertz CT molecular complexity index is 625. The van der Waals surface area contributed by atoms with Gasteiger partial charge in [0.05, 0.1) is 0 Å². The van der Waals surface area contributed by atoms with E-state index in [0.717, 1.165) is 12.0 Å². The zero-order valence-electron chi connectivity index (χ0n) is 12.1. The summed E-state index contributed by atoms with van der Waals surface area (Å²) in [5.74, 6) is 0.544. The Labute approximate surface area is 128 Å². The van der Waals surface area contributed by atoms with Gasteiger partial charge in [-0.3, -0.25) is 4.79 Å². The van der Waals surface area contributed by atoms with Crippen molar-refractivity contribution in [1.82, 2.24) is 15.1 Å². The molecule has 0 atom stereocenters. The topological polar surface area (TPSA) is 56.2 Å². The van der Waals surface area contributed by atoms with Crippen LogP contribution < -0.4 is 10.1 Å². The van der Waals surface area contributed by atoms with E-state index >= 15 is 0 Å². The van der Waals surface area contributed by atoms with Crippen LogP contribution in [-0.2, 0) is 6.73 Å². The number of benzene rings is 1. The van der Waals surface area contributed by atoms with E-state index in [1.54, 1.807) is 29.1 Å². The van der Waals surface area contributed by atoms with E-state index < -0.39 is 0 Å². The highest BCUT2D eigenvalue weighted by Gasteiger charge is 2.08. The van der Waals surface area contributed by atoms with E-state index in [1.807, 2.05) is 19.9 Å². The third-order valence-corrected chi connectivity index (χ3v) is 3.33. The lowest BCUT2D eigenvalue weighted by molar-refractivity contribution is 0.0946. The molecular formula is C15H18ClN3O2. The van der Waals surface area contributed by atoms with Gasteiger partial charge in [0.15, 0.2) is 6.73 Å². The van der Waals surface area contributed by atoms with Crippen LogP contribution in [0.1, 0.15) is 29.4 Å². The number of carbonyl (C=O) groups excluding carboxylic acids is 1. The summed E-state index contributed by atoms with van der Waals surface area (Å²) in [6, 6.07) is 7.12. The Balaban J connectivity index is 1.93. The van der Waals surface area contributed by atoms with Crippen molar-refractivity contribution < 1.29 is 9.53 Å². The SMILES string of the molecule is CCCNC(=O)c1ccn(COc2ccc(Cl)c(C)c2)n1. The molecular weight excluding hydrogens is 290 g/mol. The molecule has 112 valence electrons. The highest BCUT2D eigenvalue weighted by atomic mass is 35.5. The van der Waals surface area contributed by atoms with Crippen LogP contribution in [0, 0.1) is 6.92 Å². The van der Waals surface area contributed by atoms with Gasteiger partial charge in [0.25, 0.3) is 5.91 Å². The van der Waals surface area contributed by atoms with Crippen LogP contribution in [-0.4, -0.2) is 22.2 Å². The maximum absolute atomic E-state index is 11.7. The molecule has 1 heterocycles. The maximum Gasteiger partial charge on any atom is 0.271 e. The zero-order valence-corrected chi connectivity index (χ0v) is 12.9. The molecule has 0 fully saturated rings. The molecule has 0 radical (unpaired) electrons. The largest absolute Gasteiger partial charge is 0.471 e. The number of aromatic nitrogens is 2. The fourth-order valence-corrected chi connectivity index (χ4v) is 1.85. The Hall–Kier alpha value is -2.01. The van der Waals surface area contributed by atoms with Crippen LogP contribution in [0.5, 0.6) is 5.75 Å². The van der Waals surface area contributed by atoms with Crippen molar-refractivity contribution in [2.75, 3.05) is 6.54 Å². The van der Waals surface area contributed by atoms with Gasteiger partial charge in [-0.1, -0.05) is 18.5 Å². The van der Waals surface area contributed by atoms with Crippen LogP contribution in [0.2, 0.25) is 5.02 Å². The molecule has 1 aromatic carbocycles. The number of hydrogen-bond acceptors (Lipinski definition) is 3. The van der Waals surface area contributed by atoms with Gasteiger partial charge in [0, 0.05) is 17.8 Å². The number of nitrogens with one attached hydrogen (secondary N) is 1. The minimum Gasteiger partial charge on any atom is -0.471 e. The Morgan fingerprint density at radius 3 is 2.95 bits per heavy atom. The number of nitrogens with zero attached hydrogens (tertiary/aromatic N) is 2. The van der Waals surface area contributed by atoms with Crippen molar-refractivity contribution >= 4 is 17.5 Å². The fourth-order valence-electron chi connectivity index (χ4n) is 1.73. The summed E-state index contributed by atoms with van der Waals surface area (Å²) in [6.45, 7) is 4.80. The second-order valence-corrected chi connectivity index (χ2v) is 5.09. The smallest absolute Gasteiger partial charge is 0.271 e. The minimum absolute atomic E-state index is 0.169. The van der Waals surface area contributed by atoms with Gasteiger partial charge in [-0.15, -0.1) is 0 Å². The molecule has 0 aliphatic carbocycles. The van der Waals surface area contributed by atoms with Crippen molar-refractivity contribution in [3.05, 3.63) is 46.7 Å². The average molecular weight is 308 g/mol. The van der Waals surface area contributed by atoms with E-state index in [4.69, 9.17) is 16.3 Å². The number of ether oxygens (including phenoxy) is 1. The summed E-state index contributed by atoms with van der Waals surface area (Å²) < 4.78 is 7.19. The number of carbonyl (C=O) groups is 1. The van der Waals surface area contributed by atoms with Crippen LogP contribution in [0.4, 0.5) is 0 Å². The molecule has 1 N–H and O–H groups in total. The van der Waals surface area contributed by atoms with Crippen molar-refractivity contribution in [2.24, 2.45) is 0 Å². The maximum atomic E-state index is 11.7. The fraction of sp³-hybridized carbons (Fsp3) is 0.333. The van der Waals surface area contributed by atoms with Crippen molar-refractivity contribution in [3.63, 3.8) is 0 Å².